The van der Waals surface area contributed by atoms with Crippen LogP contribution in [0.5, 0.6) is 0 Å². The summed E-state index contributed by atoms with van der Waals surface area (Å²) in [4.78, 5) is 10.9. The molecular formula is C24H30O. The average molecular weight is 335 g/mol. The molecule has 0 radical (unpaired) electrons. The van der Waals surface area contributed by atoms with Gasteiger partial charge >= 0.3 is 0 Å². The van der Waals surface area contributed by atoms with Crippen LogP contribution in [-0.2, 0) is 11.2 Å². The van der Waals surface area contributed by atoms with E-state index in [0.29, 0.717) is 11.8 Å². The maximum Gasteiger partial charge on any atom is 0.123 e. The van der Waals surface area contributed by atoms with Crippen molar-refractivity contribution in [2.45, 2.75) is 64.2 Å². The van der Waals surface area contributed by atoms with Gasteiger partial charge in [-0.15, -0.1) is 0 Å². The number of rotatable bonds is 7. The van der Waals surface area contributed by atoms with Gasteiger partial charge in [-0.1, -0.05) is 68.3 Å². The zero-order chi connectivity index (χ0) is 17.5. The molecule has 0 heterocycles. The molecule has 1 aliphatic rings. The van der Waals surface area contributed by atoms with Crippen LogP contribution in [0.15, 0.2) is 48.5 Å². The highest BCUT2D eigenvalue weighted by Crippen LogP contribution is 2.35. The molecule has 0 saturated heterocycles. The molecule has 1 saturated carbocycles. The third-order valence-corrected chi connectivity index (χ3v) is 5.70. The summed E-state index contributed by atoms with van der Waals surface area (Å²) in [5.74, 6) is 0.928. The van der Waals surface area contributed by atoms with E-state index in [1.165, 1.54) is 47.9 Å². The Morgan fingerprint density at radius 3 is 2.00 bits per heavy atom. The molecule has 0 N–H and O–H groups in total. The molecular weight excluding hydrogens is 304 g/mol. The molecule has 0 bridgehead atoms. The van der Waals surface area contributed by atoms with Crippen LogP contribution in [0, 0.1) is 5.92 Å². The number of carbonyl (C=O) groups excluding carboxylic acids is 1. The van der Waals surface area contributed by atoms with Crippen molar-refractivity contribution in [2.24, 2.45) is 5.92 Å². The van der Waals surface area contributed by atoms with Gasteiger partial charge < -0.3 is 4.79 Å². The van der Waals surface area contributed by atoms with Gasteiger partial charge in [0.05, 0.1) is 0 Å². The van der Waals surface area contributed by atoms with Crippen molar-refractivity contribution in [3.8, 4) is 11.1 Å². The first-order chi connectivity index (χ1) is 12.3. The van der Waals surface area contributed by atoms with Crippen molar-refractivity contribution in [3.05, 3.63) is 59.7 Å². The van der Waals surface area contributed by atoms with Gasteiger partial charge in [0.15, 0.2) is 0 Å². The Hall–Kier alpha value is -1.89. The van der Waals surface area contributed by atoms with Crippen molar-refractivity contribution in [1.29, 1.82) is 0 Å². The zero-order valence-corrected chi connectivity index (χ0v) is 15.4. The molecule has 0 aliphatic heterocycles. The Balaban J connectivity index is 1.61. The molecule has 0 atom stereocenters. The van der Waals surface area contributed by atoms with Gasteiger partial charge in [0, 0.05) is 5.92 Å². The molecule has 1 heteroatoms. The van der Waals surface area contributed by atoms with E-state index in [2.05, 4.69) is 55.5 Å². The molecule has 3 rings (SSSR count). The van der Waals surface area contributed by atoms with E-state index in [1.807, 2.05) is 0 Å². The summed E-state index contributed by atoms with van der Waals surface area (Å²) in [6.45, 7) is 2.25. The standard InChI is InChI=1S/C24H30O/c1-2-3-4-5-19-6-10-21(11-7-19)23-14-16-24(17-15-23)22-12-8-20(18-25)9-13-22/h6-7,10-11,14-18,20,22H,2-5,8-9,12-13H2,1H3. The number of carbonyl (C=O) groups is 1. The number of unbranched alkanes of at least 4 members (excludes halogenated alkanes) is 2. The van der Waals surface area contributed by atoms with Gasteiger partial charge in [-0.2, -0.15) is 0 Å². The fourth-order valence-corrected chi connectivity index (χ4v) is 3.98. The molecule has 2 aromatic carbocycles. The van der Waals surface area contributed by atoms with Crippen molar-refractivity contribution >= 4 is 6.29 Å². The summed E-state index contributed by atoms with van der Waals surface area (Å²) in [5, 5.41) is 0. The van der Waals surface area contributed by atoms with Crippen molar-refractivity contribution < 1.29 is 4.79 Å². The fourth-order valence-electron chi connectivity index (χ4n) is 3.98. The first-order valence-electron chi connectivity index (χ1n) is 9.94. The fraction of sp³-hybridized carbons (Fsp3) is 0.458. The molecule has 25 heavy (non-hydrogen) atoms. The predicted molar refractivity (Wildman–Crippen MR) is 106 cm³/mol. The lowest BCUT2D eigenvalue weighted by Crippen LogP contribution is -2.14. The van der Waals surface area contributed by atoms with E-state index in [0.717, 1.165) is 32.0 Å². The van der Waals surface area contributed by atoms with Gasteiger partial charge in [0.25, 0.3) is 0 Å². The van der Waals surface area contributed by atoms with Crippen LogP contribution in [0.2, 0.25) is 0 Å². The van der Waals surface area contributed by atoms with Gasteiger partial charge in [0.1, 0.15) is 6.29 Å². The van der Waals surface area contributed by atoms with E-state index in [4.69, 9.17) is 0 Å². The number of benzene rings is 2. The monoisotopic (exact) mass is 334 g/mol. The summed E-state index contributed by atoms with van der Waals surface area (Å²) in [6.07, 6.45) is 10.6. The van der Waals surface area contributed by atoms with E-state index < -0.39 is 0 Å². The van der Waals surface area contributed by atoms with Crippen LogP contribution in [0.25, 0.3) is 11.1 Å². The number of hydrogen-bond donors (Lipinski definition) is 0. The molecule has 1 nitrogen and oxygen atoms in total. The largest absolute Gasteiger partial charge is 0.303 e. The summed E-state index contributed by atoms with van der Waals surface area (Å²) in [7, 11) is 0. The maximum absolute atomic E-state index is 10.9. The normalized spacial score (nSPS) is 20.4. The van der Waals surface area contributed by atoms with Crippen LogP contribution in [0.4, 0.5) is 0 Å². The van der Waals surface area contributed by atoms with Gasteiger partial charge in [-0.25, -0.2) is 0 Å². The summed E-state index contributed by atoms with van der Waals surface area (Å²) < 4.78 is 0. The Kier molecular flexibility index (Phi) is 6.44. The summed E-state index contributed by atoms with van der Waals surface area (Å²) in [6, 6.07) is 18.2. The molecule has 0 amide bonds. The molecule has 1 fully saturated rings. The van der Waals surface area contributed by atoms with Crippen molar-refractivity contribution in [2.75, 3.05) is 0 Å². The minimum Gasteiger partial charge on any atom is -0.303 e. The molecule has 0 spiro atoms. The van der Waals surface area contributed by atoms with Gasteiger partial charge in [0.2, 0.25) is 0 Å². The first kappa shape index (κ1) is 17.9. The Bertz CT molecular complexity index is 645. The SMILES string of the molecule is CCCCCc1ccc(-c2ccc(C3CCC(C=O)CC3)cc2)cc1. The van der Waals surface area contributed by atoms with Crippen LogP contribution >= 0.6 is 0 Å². The second-order valence-corrected chi connectivity index (χ2v) is 7.52. The van der Waals surface area contributed by atoms with Crippen LogP contribution < -0.4 is 0 Å². The third kappa shape index (κ3) is 4.81. The third-order valence-electron chi connectivity index (χ3n) is 5.70. The smallest absolute Gasteiger partial charge is 0.123 e. The number of aldehydes is 1. The highest BCUT2D eigenvalue weighted by molar-refractivity contribution is 5.64. The van der Waals surface area contributed by atoms with E-state index in [-0.39, 0.29) is 0 Å². The quantitative estimate of drug-likeness (QED) is 0.414. The lowest BCUT2D eigenvalue weighted by atomic mass is 9.79. The lowest BCUT2D eigenvalue weighted by molar-refractivity contribution is -0.111. The van der Waals surface area contributed by atoms with Crippen molar-refractivity contribution in [1.82, 2.24) is 0 Å². The molecule has 0 aromatic heterocycles. The Morgan fingerprint density at radius 1 is 0.840 bits per heavy atom. The van der Waals surface area contributed by atoms with E-state index >= 15 is 0 Å². The van der Waals surface area contributed by atoms with E-state index in [9.17, 15) is 4.79 Å². The van der Waals surface area contributed by atoms with Crippen LogP contribution in [0.3, 0.4) is 0 Å². The molecule has 1 aliphatic carbocycles. The van der Waals surface area contributed by atoms with E-state index in [1.54, 1.807) is 0 Å². The average Bonchev–Trinajstić information content (AvgIpc) is 2.69. The topological polar surface area (TPSA) is 17.1 Å². The molecule has 0 unspecified atom stereocenters. The Labute approximate surface area is 152 Å². The molecule has 132 valence electrons. The number of hydrogen-bond acceptors (Lipinski definition) is 1. The predicted octanol–water partition coefficient (Wildman–Crippen LogP) is 6.56. The minimum absolute atomic E-state index is 0.298. The molecule has 2 aromatic rings. The highest BCUT2D eigenvalue weighted by Gasteiger charge is 2.21. The van der Waals surface area contributed by atoms with Crippen LogP contribution in [0.1, 0.15) is 68.9 Å². The van der Waals surface area contributed by atoms with Crippen LogP contribution in [-0.4, -0.2) is 6.29 Å². The second kappa shape index (κ2) is 8.99. The summed E-state index contributed by atoms with van der Waals surface area (Å²) in [5.41, 5.74) is 5.48. The highest BCUT2D eigenvalue weighted by atomic mass is 16.1. The van der Waals surface area contributed by atoms with Crippen molar-refractivity contribution in [3.63, 3.8) is 0 Å². The zero-order valence-electron chi connectivity index (χ0n) is 15.4. The minimum atomic E-state index is 0.298. The maximum atomic E-state index is 10.9. The first-order valence-corrected chi connectivity index (χ1v) is 9.94. The second-order valence-electron chi connectivity index (χ2n) is 7.52. The lowest BCUT2D eigenvalue weighted by Gasteiger charge is -2.25. The number of aryl methyl sites for hydroxylation is 1. The summed E-state index contributed by atoms with van der Waals surface area (Å²) >= 11 is 0. The van der Waals surface area contributed by atoms with Gasteiger partial charge in [-0.05, 0) is 66.7 Å². The van der Waals surface area contributed by atoms with Gasteiger partial charge in [-0.3, -0.25) is 0 Å². The Morgan fingerprint density at radius 2 is 1.44 bits per heavy atom.